The zero-order valence-corrected chi connectivity index (χ0v) is 9.28. The summed E-state index contributed by atoms with van der Waals surface area (Å²) in [4.78, 5) is 15.4. The molecule has 0 aliphatic rings. The molecule has 0 spiro atoms. The number of carbonyl (C=O) groups is 1. The number of pyridine rings is 1. The van der Waals surface area contributed by atoms with Gasteiger partial charge < -0.3 is 10.1 Å². The molecule has 0 aliphatic heterocycles. The van der Waals surface area contributed by atoms with Crippen LogP contribution in [0, 0.1) is 6.92 Å². The van der Waals surface area contributed by atoms with Gasteiger partial charge in [0, 0.05) is 17.6 Å². The van der Waals surface area contributed by atoms with Crippen LogP contribution in [0.15, 0.2) is 18.3 Å². The van der Waals surface area contributed by atoms with Gasteiger partial charge >= 0.3 is 5.97 Å². The van der Waals surface area contributed by atoms with Gasteiger partial charge in [-0.05, 0) is 32.9 Å². The maximum absolute atomic E-state index is 11.3. The molecule has 0 aromatic carbocycles. The quantitative estimate of drug-likeness (QED) is 0.766. The molecule has 82 valence electrons. The predicted octanol–water partition coefficient (Wildman–Crippen LogP) is 1.75. The molecule has 1 N–H and O–H groups in total. The number of anilines is 1. The van der Waals surface area contributed by atoms with Crippen molar-refractivity contribution in [3.05, 3.63) is 24.0 Å². The van der Waals surface area contributed by atoms with E-state index < -0.39 is 0 Å². The van der Waals surface area contributed by atoms with Crippen molar-refractivity contribution in [1.82, 2.24) is 4.98 Å². The average Bonchev–Trinajstić information content (AvgIpc) is 2.18. The first-order chi connectivity index (χ1) is 7.13. The zero-order chi connectivity index (χ0) is 11.3. The van der Waals surface area contributed by atoms with Gasteiger partial charge in [-0.3, -0.25) is 4.98 Å². The molecule has 15 heavy (non-hydrogen) atoms. The van der Waals surface area contributed by atoms with Crippen molar-refractivity contribution in [3.8, 4) is 0 Å². The van der Waals surface area contributed by atoms with E-state index in [0.29, 0.717) is 6.61 Å². The topological polar surface area (TPSA) is 51.2 Å². The highest BCUT2D eigenvalue weighted by Crippen LogP contribution is 2.09. The summed E-state index contributed by atoms with van der Waals surface area (Å²) < 4.78 is 4.89. The normalized spacial score (nSPS) is 11.9. The monoisotopic (exact) mass is 208 g/mol. The van der Waals surface area contributed by atoms with Crippen LogP contribution in [0.5, 0.6) is 0 Å². The minimum Gasteiger partial charge on any atom is -0.464 e. The molecular weight excluding hydrogens is 192 g/mol. The molecule has 0 saturated carbocycles. The van der Waals surface area contributed by atoms with Crippen LogP contribution in [0.4, 0.5) is 5.69 Å². The lowest BCUT2D eigenvalue weighted by molar-refractivity contribution is -0.143. The van der Waals surface area contributed by atoms with Gasteiger partial charge in [-0.15, -0.1) is 0 Å². The Morgan fingerprint density at radius 3 is 3.00 bits per heavy atom. The van der Waals surface area contributed by atoms with Crippen molar-refractivity contribution in [2.75, 3.05) is 11.9 Å². The van der Waals surface area contributed by atoms with E-state index in [1.165, 1.54) is 0 Å². The van der Waals surface area contributed by atoms with Gasteiger partial charge in [0.15, 0.2) is 0 Å². The van der Waals surface area contributed by atoms with Crippen LogP contribution in [-0.2, 0) is 9.53 Å². The zero-order valence-electron chi connectivity index (χ0n) is 9.28. The van der Waals surface area contributed by atoms with Crippen molar-refractivity contribution in [2.45, 2.75) is 26.8 Å². The number of hydrogen-bond donors (Lipinski definition) is 1. The number of rotatable bonds is 4. The Bertz CT molecular complexity index is 339. The molecule has 0 amide bonds. The van der Waals surface area contributed by atoms with Gasteiger partial charge in [-0.25, -0.2) is 4.79 Å². The highest BCUT2D eigenvalue weighted by molar-refractivity contribution is 5.78. The highest BCUT2D eigenvalue weighted by atomic mass is 16.5. The molecule has 1 unspecified atom stereocenters. The van der Waals surface area contributed by atoms with Crippen molar-refractivity contribution in [2.24, 2.45) is 0 Å². The summed E-state index contributed by atoms with van der Waals surface area (Å²) in [6, 6.07) is 3.37. The SMILES string of the molecule is CCOC(=O)C(C)Nc1ccnc(C)c1. The largest absolute Gasteiger partial charge is 0.464 e. The van der Waals surface area contributed by atoms with Gasteiger partial charge in [0.2, 0.25) is 0 Å². The molecule has 0 fully saturated rings. The second-order valence-electron chi connectivity index (χ2n) is 3.30. The van der Waals surface area contributed by atoms with Gasteiger partial charge in [0.05, 0.1) is 6.61 Å². The maximum Gasteiger partial charge on any atom is 0.328 e. The number of nitrogens with one attached hydrogen (secondary N) is 1. The molecule has 0 bridgehead atoms. The number of aryl methyl sites for hydroxylation is 1. The fourth-order valence-corrected chi connectivity index (χ4v) is 1.21. The van der Waals surface area contributed by atoms with Crippen molar-refractivity contribution in [3.63, 3.8) is 0 Å². The number of carbonyl (C=O) groups excluding carboxylic acids is 1. The highest BCUT2D eigenvalue weighted by Gasteiger charge is 2.12. The summed E-state index contributed by atoms with van der Waals surface area (Å²) in [6.45, 7) is 5.87. The third kappa shape index (κ3) is 3.58. The third-order valence-electron chi connectivity index (χ3n) is 1.92. The Hall–Kier alpha value is -1.58. The number of esters is 1. The maximum atomic E-state index is 11.3. The molecular formula is C11H16N2O2. The van der Waals surface area contributed by atoms with Crippen LogP contribution in [0.3, 0.4) is 0 Å². The number of nitrogens with zero attached hydrogens (tertiary/aromatic N) is 1. The molecule has 0 aliphatic carbocycles. The molecule has 1 aromatic heterocycles. The Morgan fingerprint density at radius 1 is 1.67 bits per heavy atom. The molecule has 1 atom stereocenters. The summed E-state index contributed by atoms with van der Waals surface area (Å²) >= 11 is 0. The summed E-state index contributed by atoms with van der Waals surface area (Å²) in [5.41, 5.74) is 1.79. The van der Waals surface area contributed by atoms with E-state index in [-0.39, 0.29) is 12.0 Å². The van der Waals surface area contributed by atoms with Crippen LogP contribution in [0.25, 0.3) is 0 Å². The van der Waals surface area contributed by atoms with Gasteiger partial charge in [0.25, 0.3) is 0 Å². The molecule has 0 saturated heterocycles. The second-order valence-corrected chi connectivity index (χ2v) is 3.30. The smallest absolute Gasteiger partial charge is 0.328 e. The first-order valence-corrected chi connectivity index (χ1v) is 4.99. The average molecular weight is 208 g/mol. The van der Waals surface area contributed by atoms with E-state index >= 15 is 0 Å². The second kappa shape index (κ2) is 5.34. The van der Waals surface area contributed by atoms with Crippen LogP contribution >= 0.6 is 0 Å². The molecule has 0 radical (unpaired) electrons. The van der Waals surface area contributed by atoms with E-state index in [9.17, 15) is 4.79 Å². The van der Waals surface area contributed by atoms with Gasteiger partial charge in [0.1, 0.15) is 6.04 Å². The lowest BCUT2D eigenvalue weighted by Crippen LogP contribution is -2.28. The van der Waals surface area contributed by atoms with E-state index in [2.05, 4.69) is 10.3 Å². The minimum atomic E-state index is -0.341. The first kappa shape index (κ1) is 11.5. The minimum absolute atomic E-state index is 0.244. The Balaban J connectivity index is 2.58. The molecule has 1 aromatic rings. The van der Waals surface area contributed by atoms with E-state index in [0.717, 1.165) is 11.4 Å². The van der Waals surface area contributed by atoms with E-state index in [4.69, 9.17) is 4.74 Å². The summed E-state index contributed by atoms with van der Waals surface area (Å²) in [5, 5.41) is 3.05. The number of hydrogen-bond acceptors (Lipinski definition) is 4. The van der Waals surface area contributed by atoms with Crippen LogP contribution < -0.4 is 5.32 Å². The van der Waals surface area contributed by atoms with Crippen molar-refractivity contribution < 1.29 is 9.53 Å². The van der Waals surface area contributed by atoms with Crippen LogP contribution in [0.2, 0.25) is 0 Å². The Labute approximate surface area is 89.7 Å². The van der Waals surface area contributed by atoms with Gasteiger partial charge in [-0.2, -0.15) is 0 Å². The Kier molecular flexibility index (Phi) is 4.09. The number of ether oxygens (including phenoxy) is 1. The van der Waals surface area contributed by atoms with Crippen LogP contribution in [0.1, 0.15) is 19.5 Å². The fourth-order valence-electron chi connectivity index (χ4n) is 1.21. The molecule has 1 heterocycles. The lowest BCUT2D eigenvalue weighted by atomic mass is 10.3. The number of aromatic nitrogens is 1. The molecule has 4 heteroatoms. The lowest BCUT2D eigenvalue weighted by Gasteiger charge is -2.13. The standard InChI is InChI=1S/C11H16N2O2/c1-4-15-11(14)9(3)13-10-5-6-12-8(2)7-10/h5-7,9H,4H2,1-3H3,(H,12,13). The van der Waals surface area contributed by atoms with Crippen LogP contribution in [-0.4, -0.2) is 23.6 Å². The van der Waals surface area contributed by atoms with E-state index in [1.54, 1.807) is 20.0 Å². The summed E-state index contributed by atoms with van der Waals surface area (Å²) in [6.07, 6.45) is 1.70. The predicted molar refractivity (Wildman–Crippen MR) is 58.7 cm³/mol. The fraction of sp³-hybridized carbons (Fsp3) is 0.455. The third-order valence-corrected chi connectivity index (χ3v) is 1.92. The first-order valence-electron chi connectivity index (χ1n) is 4.99. The summed E-state index contributed by atoms with van der Waals surface area (Å²) in [7, 11) is 0. The molecule has 1 rings (SSSR count). The van der Waals surface area contributed by atoms with Crippen molar-refractivity contribution in [1.29, 1.82) is 0 Å². The van der Waals surface area contributed by atoms with Gasteiger partial charge in [-0.1, -0.05) is 0 Å². The summed E-state index contributed by atoms with van der Waals surface area (Å²) in [5.74, 6) is -0.244. The van der Waals surface area contributed by atoms with E-state index in [1.807, 2.05) is 19.1 Å². The Morgan fingerprint density at radius 2 is 2.40 bits per heavy atom. The molecule has 4 nitrogen and oxygen atoms in total. The van der Waals surface area contributed by atoms with Crippen molar-refractivity contribution >= 4 is 11.7 Å².